The largest absolute Gasteiger partial charge is 0.351 e. The Morgan fingerprint density at radius 2 is 2.09 bits per heavy atom. The molecular formula is C16H19N5O. The van der Waals surface area contributed by atoms with Crippen molar-refractivity contribution in [2.75, 3.05) is 11.4 Å². The molecular weight excluding hydrogens is 278 g/mol. The molecule has 6 nitrogen and oxygen atoms in total. The quantitative estimate of drug-likeness (QED) is 0.830. The van der Waals surface area contributed by atoms with Crippen molar-refractivity contribution in [2.45, 2.75) is 45.7 Å². The highest BCUT2D eigenvalue weighted by atomic mass is 16.1. The topological polar surface area (TPSA) is 63.9 Å². The van der Waals surface area contributed by atoms with Crippen molar-refractivity contribution in [3.8, 4) is 0 Å². The summed E-state index contributed by atoms with van der Waals surface area (Å²) in [5, 5.41) is 4.48. The van der Waals surface area contributed by atoms with Gasteiger partial charge in [0.2, 0.25) is 0 Å². The molecule has 6 heteroatoms. The van der Waals surface area contributed by atoms with Gasteiger partial charge in [-0.3, -0.25) is 4.79 Å². The van der Waals surface area contributed by atoms with E-state index in [1.54, 1.807) is 12.4 Å². The number of hydrogen-bond donors (Lipinski definition) is 0. The maximum Gasteiger partial charge on any atom is 0.267 e. The average molecular weight is 297 g/mol. The molecule has 0 aromatic carbocycles. The van der Waals surface area contributed by atoms with Crippen LogP contribution in [0.4, 0.5) is 5.82 Å². The third kappa shape index (κ3) is 2.10. The van der Waals surface area contributed by atoms with E-state index in [9.17, 15) is 4.79 Å². The van der Waals surface area contributed by atoms with Gasteiger partial charge in [-0.05, 0) is 26.2 Å². The van der Waals surface area contributed by atoms with Gasteiger partial charge in [0.1, 0.15) is 12.1 Å². The number of fused-ring (bicyclic) bond motifs is 2. The molecule has 2 aromatic rings. The number of nitrogens with zero attached hydrogens (tertiary/aromatic N) is 5. The molecule has 0 spiro atoms. The summed E-state index contributed by atoms with van der Waals surface area (Å²) in [7, 11) is 0. The first-order valence-corrected chi connectivity index (χ1v) is 7.94. The summed E-state index contributed by atoms with van der Waals surface area (Å²) in [4.78, 5) is 23.2. The first-order valence-electron chi connectivity index (χ1n) is 7.94. The standard InChI is InChI=1S/C16H19N5O/c1-2-21-15(22)8-11-9-20(7-6-13(11)19-21)16-12-4-3-5-14(12)17-10-18-16/h8,10H,2-7,9H2,1H3. The molecule has 0 radical (unpaired) electrons. The van der Waals surface area contributed by atoms with Crippen LogP contribution in [0.3, 0.4) is 0 Å². The molecule has 4 rings (SSSR count). The third-order valence-electron chi connectivity index (χ3n) is 4.60. The van der Waals surface area contributed by atoms with Gasteiger partial charge >= 0.3 is 0 Å². The Labute approximate surface area is 128 Å². The summed E-state index contributed by atoms with van der Waals surface area (Å²) in [5.41, 5.74) is 4.54. The average Bonchev–Trinajstić information content (AvgIpc) is 3.02. The van der Waals surface area contributed by atoms with Gasteiger partial charge in [-0.2, -0.15) is 5.10 Å². The summed E-state index contributed by atoms with van der Waals surface area (Å²) < 4.78 is 1.54. The van der Waals surface area contributed by atoms with E-state index in [1.165, 1.54) is 15.9 Å². The van der Waals surface area contributed by atoms with Crippen LogP contribution in [0.15, 0.2) is 17.2 Å². The normalized spacial score (nSPS) is 16.5. The maximum absolute atomic E-state index is 12.0. The van der Waals surface area contributed by atoms with Crippen molar-refractivity contribution in [3.63, 3.8) is 0 Å². The second-order valence-electron chi connectivity index (χ2n) is 5.92. The van der Waals surface area contributed by atoms with Gasteiger partial charge in [-0.15, -0.1) is 0 Å². The smallest absolute Gasteiger partial charge is 0.267 e. The molecule has 0 fully saturated rings. The molecule has 0 unspecified atom stereocenters. The number of aryl methyl sites for hydroxylation is 2. The summed E-state index contributed by atoms with van der Waals surface area (Å²) in [6.45, 7) is 4.17. The molecule has 1 aliphatic carbocycles. The Morgan fingerprint density at radius 1 is 1.18 bits per heavy atom. The van der Waals surface area contributed by atoms with Crippen LogP contribution < -0.4 is 10.5 Å². The van der Waals surface area contributed by atoms with E-state index < -0.39 is 0 Å². The molecule has 22 heavy (non-hydrogen) atoms. The summed E-state index contributed by atoms with van der Waals surface area (Å²) in [5.74, 6) is 1.05. The number of anilines is 1. The number of aromatic nitrogens is 4. The summed E-state index contributed by atoms with van der Waals surface area (Å²) in [6.07, 6.45) is 5.80. The van der Waals surface area contributed by atoms with E-state index in [-0.39, 0.29) is 5.56 Å². The lowest BCUT2D eigenvalue weighted by atomic mass is 10.1. The van der Waals surface area contributed by atoms with Crippen LogP contribution in [-0.2, 0) is 32.4 Å². The van der Waals surface area contributed by atoms with Crippen molar-refractivity contribution in [3.05, 3.63) is 45.3 Å². The molecule has 0 saturated heterocycles. The molecule has 2 aliphatic rings. The zero-order valence-electron chi connectivity index (χ0n) is 12.7. The Bertz CT molecular complexity index is 783. The highest BCUT2D eigenvalue weighted by Crippen LogP contribution is 2.30. The Kier molecular flexibility index (Phi) is 3.17. The van der Waals surface area contributed by atoms with Crippen LogP contribution in [0, 0.1) is 0 Å². The predicted octanol–water partition coefficient (Wildman–Crippen LogP) is 1.10. The number of rotatable bonds is 2. The zero-order valence-corrected chi connectivity index (χ0v) is 12.7. The first-order chi connectivity index (χ1) is 10.8. The van der Waals surface area contributed by atoms with Gasteiger partial charge in [0.25, 0.3) is 5.56 Å². The lowest BCUT2D eigenvalue weighted by Crippen LogP contribution is -2.35. The molecule has 2 aromatic heterocycles. The molecule has 1 aliphatic heterocycles. The van der Waals surface area contributed by atoms with Crippen molar-refractivity contribution in [1.82, 2.24) is 19.7 Å². The fourth-order valence-electron chi connectivity index (χ4n) is 3.46. The van der Waals surface area contributed by atoms with E-state index in [0.29, 0.717) is 13.1 Å². The van der Waals surface area contributed by atoms with Crippen LogP contribution in [-0.4, -0.2) is 26.3 Å². The summed E-state index contributed by atoms with van der Waals surface area (Å²) in [6, 6.07) is 1.74. The van der Waals surface area contributed by atoms with Crippen LogP contribution in [0.5, 0.6) is 0 Å². The Morgan fingerprint density at radius 3 is 2.95 bits per heavy atom. The fraction of sp³-hybridized carbons (Fsp3) is 0.500. The highest BCUT2D eigenvalue weighted by molar-refractivity contribution is 5.52. The van der Waals surface area contributed by atoms with Crippen LogP contribution in [0.2, 0.25) is 0 Å². The van der Waals surface area contributed by atoms with E-state index in [2.05, 4.69) is 20.0 Å². The van der Waals surface area contributed by atoms with Crippen molar-refractivity contribution in [2.24, 2.45) is 0 Å². The first kappa shape index (κ1) is 13.4. The minimum atomic E-state index is -0.0176. The van der Waals surface area contributed by atoms with Gasteiger partial charge in [0.05, 0.1) is 5.69 Å². The lowest BCUT2D eigenvalue weighted by molar-refractivity contribution is 0.571. The van der Waals surface area contributed by atoms with Gasteiger partial charge in [-0.1, -0.05) is 0 Å². The molecule has 3 heterocycles. The second kappa shape index (κ2) is 5.19. The maximum atomic E-state index is 12.0. The van der Waals surface area contributed by atoms with Crippen LogP contribution in [0.1, 0.15) is 35.9 Å². The molecule has 114 valence electrons. The van der Waals surface area contributed by atoms with Crippen molar-refractivity contribution in [1.29, 1.82) is 0 Å². The molecule has 0 bridgehead atoms. The predicted molar refractivity (Wildman–Crippen MR) is 83.0 cm³/mol. The van der Waals surface area contributed by atoms with Crippen LogP contribution >= 0.6 is 0 Å². The van der Waals surface area contributed by atoms with E-state index >= 15 is 0 Å². The number of hydrogen-bond acceptors (Lipinski definition) is 5. The molecule has 0 amide bonds. The monoisotopic (exact) mass is 297 g/mol. The zero-order chi connectivity index (χ0) is 15.1. The second-order valence-corrected chi connectivity index (χ2v) is 5.92. The highest BCUT2D eigenvalue weighted by Gasteiger charge is 2.25. The van der Waals surface area contributed by atoms with E-state index in [0.717, 1.165) is 49.3 Å². The Balaban J connectivity index is 1.69. The van der Waals surface area contributed by atoms with Gasteiger partial charge < -0.3 is 4.90 Å². The van der Waals surface area contributed by atoms with Crippen LogP contribution in [0.25, 0.3) is 0 Å². The van der Waals surface area contributed by atoms with Gasteiger partial charge in [-0.25, -0.2) is 14.6 Å². The molecule has 0 saturated carbocycles. The van der Waals surface area contributed by atoms with Crippen molar-refractivity contribution < 1.29 is 0 Å². The van der Waals surface area contributed by atoms with Gasteiger partial charge in [0.15, 0.2) is 0 Å². The summed E-state index contributed by atoms with van der Waals surface area (Å²) >= 11 is 0. The van der Waals surface area contributed by atoms with Gasteiger partial charge in [0, 0.05) is 48.9 Å². The molecule has 0 atom stereocenters. The molecule has 0 N–H and O–H groups in total. The minimum absolute atomic E-state index is 0.0176. The fourth-order valence-corrected chi connectivity index (χ4v) is 3.46. The lowest BCUT2D eigenvalue weighted by Gasteiger charge is -2.30. The van der Waals surface area contributed by atoms with E-state index in [4.69, 9.17) is 0 Å². The van der Waals surface area contributed by atoms with Crippen molar-refractivity contribution >= 4 is 5.82 Å². The third-order valence-corrected chi connectivity index (χ3v) is 4.60. The Hall–Kier alpha value is -2.24. The minimum Gasteiger partial charge on any atom is -0.351 e. The van der Waals surface area contributed by atoms with E-state index in [1.807, 2.05) is 6.92 Å². The SMILES string of the molecule is CCn1nc2c(cc1=O)CN(c1ncnc3c1CCC3)CC2.